The van der Waals surface area contributed by atoms with Crippen LogP contribution in [0.1, 0.15) is 45.1 Å². The van der Waals surface area contributed by atoms with Crippen LogP contribution >= 0.6 is 0 Å². The highest BCUT2D eigenvalue weighted by atomic mass is 16.5. The number of rotatable bonds is 7. The third kappa shape index (κ3) is 4.23. The fraction of sp³-hybridized carbons (Fsp3) is 0.562. The zero-order chi connectivity index (χ0) is 15.2. The van der Waals surface area contributed by atoms with Gasteiger partial charge in [-0.2, -0.15) is 0 Å². The fourth-order valence-corrected chi connectivity index (χ4v) is 1.95. The number of hydrogen-bond donors (Lipinski definition) is 2. The number of hydrogen-bond acceptors (Lipinski definition) is 3. The number of carbonyl (C=O) groups excluding carboxylic acids is 1. The van der Waals surface area contributed by atoms with Gasteiger partial charge in [0, 0.05) is 6.54 Å². The molecule has 2 N–H and O–H groups in total. The molecule has 0 bridgehead atoms. The second-order valence-electron chi connectivity index (χ2n) is 5.14. The molecule has 20 heavy (non-hydrogen) atoms. The minimum atomic E-state index is -0.810. The lowest BCUT2D eigenvalue weighted by atomic mass is 9.96. The molecule has 0 aliphatic carbocycles. The van der Waals surface area contributed by atoms with Crippen molar-refractivity contribution in [2.24, 2.45) is 0 Å². The molecule has 0 aromatic heterocycles. The summed E-state index contributed by atoms with van der Waals surface area (Å²) in [7, 11) is 1.61. The summed E-state index contributed by atoms with van der Waals surface area (Å²) in [6.07, 6.45) is 1.25. The van der Waals surface area contributed by atoms with E-state index >= 15 is 0 Å². The van der Waals surface area contributed by atoms with Crippen LogP contribution in [0, 0.1) is 0 Å². The Bertz CT molecular complexity index is 424. The average molecular weight is 279 g/mol. The molecule has 0 saturated carbocycles. The first kappa shape index (κ1) is 16.5. The number of nitrogens with one attached hydrogen (secondary N) is 1. The summed E-state index contributed by atoms with van der Waals surface area (Å²) < 4.78 is 5.10. The summed E-state index contributed by atoms with van der Waals surface area (Å²) in [6, 6.07) is 7.45. The third-order valence-electron chi connectivity index (χ3n) is 3.92. The maximum atomic E-state index is 12.1. The van der Waals surface area contributed by atoms with Gasteiger partial charge in [0.25, 0.3) is 0 Å². The quantitative estimate of drug-likeness (QED) is 0.806. The van der Waals surface area contributed by atoms with E-state index in [0.717, 1.165) is 11.3 Å². The smallest absolute Gasteiger partial charge is 0.227 e. The number of methoxy groups -OCH3 is 1. The van der Waals surface area contributed by atoms with Crippen LogP contribution in [0.25, 0.3) is 0 Å². The van der Waals surface area contributed by atoms with E-state index in [9.17, 15) is 9.90 Å². The van der Waals surface area contributed by atoms with Crippen molar-refractivity contribution in [3.63, 3.8) is 0 Å². The molecular formula is C16H25NO3. The van der Waals surface area contributed by atoms with Crippen molar-refractivity contribution in [1.29, 1.82) is 0 Å². The number of carbonyl (C=O) groups is 1. The molecule has 112 valence electrons. The molecule has 0 fully saturated rings. The van der Waals surface area contributed by atoms with E-state index in [1.165, 1.54) is 0 Å². The third-order valence-corrected chi connectivity index (χ3v) is 3.92. The lowest BCUT2D eigenvalue weighted by Gasteiger charge is -2.26. The molecule has 1 rings (SSSR count). The standard InChI is InChI=1S/C16H25NO3/c1-5-16(19,6-2)11-17-15(18)12(3)13-7-9-14(20-4)10-8-13/h7-10,12,19H,5-6,11H2,1-4H3,(H,17,18). The van der Waals surface area contributed by atoms with E-state index in [1.54, 1.807) is 7.11 Å². The Kier molecular flexibility index (Phi) is 6.02. The van der Waals surface area contributed by atoms with Gasteiger partial charge in [-0.25, -0.2) is 0 Å². The molecule has 0 spiro atoms. The predicted octanol–water partition coefficient (Wildman–Crippen LogP) is 2.47. The normalized spacial score (nSPS) is 12.8. The Morgan fingerprint density at radius 1 is 1.30 bits per heavy atom. The Morgan fingerprint density at radius 2 is 1.85 bits per heavy atom. The molecule has 4 heteroatoms. The van der Waals surface area contributed by atoms with Crippen LogP contribution in [0.5, 0.6) is 5.75 Å². The van der Waals surface area contributed by atoms with Gasteiger partial charge < -0.3 is 15.2 Å². The van der Waals surface area contributed by atoms with Gasteiger partial charge in [0.05, 0.1) is 18.6 Å². The fourth-order valence-electron chi connectivity index (χ4n) is 1.95. The second-order valence-corrected chi connectivity index (χ2v) is 5.14. The van der Waals surface area contributed by atoms with Gasteiger partial charge in [-0.3, -0.25) is 4.79 Å². The SMILES string of the molecule is CCC(O)(CC)CNC(=O)C(C)c1ccc(OC)cc1. The van der Waals surface area contributed by atoms with E-state index in [1.807, 2.05) is 45.0 Å². The molecule has 1 unspecified atom stereocenters. The lowest BCUT2D eigenvalue weighted by molar-refractivity contribution is -0.123. The van der Waals surface area contributed by atoms with Gasteiger partial charge in [0.2, 0.25) is 5.91 Å². The van der Waals surface area contributed by atoms with E-state index in [0.29, 0.717) is 19.4 Å². The molecule has 1 aromatic carbocycles. The first-order valence-corrected chi connectivity index (χ1v) is 7.09. The summed E-state index contributed by atoms with van der Waals surface area (Å²) in [6.45, 7) is 5.98. The number of ether oxygens (including phenoxy) is 1. The van der Waals surface area contributed by atoms with Crippen LogP contribution in [0.15, 0.2) is 24.3 Å². The molecule has 1 amide bonds. The average Bonchev–Trinajstić information content (AvgIpc) is 2.51. The summed E-state index contributed by atoms with van der Waals surface area (Å²) >= 11 is 0. The van der Waals surface area contributed by atoms with Gasteiger partial charge in [-0.15, -0.1) is 0 Å². The second kappa shape index (κ2) is 7.29. The first-order chi connectivity index (χ1) is 9.45. The highest BCUT2D eigenvalue weighted by Crippen LogP contribution is 2.20. The van der Waals surface area contributed by atoms with Crippen molar-refractivity contribution in [1.82, 2.24) is 5.32 Å². The van der Waals surface area contributed by atoms with E-state index in [-0.39, 0.29) is 11.8 Å². The van der Waals surface area contributed by atoms with Crippen molar-refractivity contribution in [2.75, 3.05) is 13.7 Å². The van der Waals surface area contributed by atoms with Gasteiger partial charge in [-0.05, 0) is 37.5 Å². The summed E-state index contributed by atoms with van der Waals surface area (Å²) in [5.74, 6) is 0.446. The first-order valence-electron chi connectivity index (χ1n) is 7.09. The molecule has 1 aromatic rings. The molecule has 1 atom stereocenters. The van der Waals surface area contributed by atoms with Crippen molar-refractivity contribution >= 4 is 5.91 Å². The number of aliphatic hydroxyl groups is 1. The topological polar surface area (TPSA) is 58.6 Å². The maximum Gasteiger partial charge on any atom is 0.227 e. The van der Waals surface area contributed by atoms with E-state index < -0.39 is 5.60 Å². The Morgan fingerprint density at radius 3 is 2.30 bits per heavy atom. The molecule has 0 heterocycles. The highest BCUT2D eigenvalue weighted by Gasteiger charge is 2.24. The molecule has 4 nitrogen and oxygen atoms in total. The molecular weight excluding hydrogens is 254 g/mol. The van der Waals surface area contributed by atoms with Crippen LogP contribution < -0.4 is 10.1 Å². The van der Waals surface area contributed by atoms with E-state index in [4.69, 9.17) is 4.74 Å². The van der Waals surface area contributed by atoms with Gasteiger partial charge in [0.1, 0.15) is 5.75 Å². The van der Waals surface area contributed by atoms with Crippen molar-refractivity contribution in [2.45, 2.75) is 45.1 Å². The van der Waals surface area contributed by atoms with Gasteiger partial charge >= 0.3 is 0 Å². The van der Waals surface area contributed by atoms with Crippen LogP contribution in [0.3, 0.4) is 0 Å². The monoisotopic (exact) mass is 279 g/mol. The van der Waals surface area contributed by atoms with Crippen LogP contribution in [0.4, 0.5) is 0 Å². The molecule has 0 aliphatic rings. The Labute approximate surface area is 121 Å². The van der Waals surface area contributed by atoms with Crippen LogP contribution in [0.2, 0.25) is 0 Å². The van der Waals surface area contributed by atoms with Crippen molar-refractivity contribution in [3.05, 3.63) is 29.8 Å². The molecule has 0 radical (unpaired) electrons. The lowest BCUT2D eigenvalue weighted by Crippen LogP contribution is -2.43. The zero-order valence-corrected chi connectivity index (χ0v) is 12.8. The number of amides is 1. The van der Waals surface area contributed by atoms with Crippen molar-refractivity contribution in [3.8, 4) is 5.75 Å². The minimum absolute atomic E-state index is 0.0736. The summed E-state index contributed by atoms with van der Waals surface area (Å²) in [5.41, 5.74) is 0.120. The Balaban J connectivity index is 2.62. The van der Waals surface area contributed by atoms with Gasteiger partial charge in [-0.1, -0.05) is 26.0 Å². The zero-order valence-electron chi connectivity index (χ0n) is 12.8. The maximum absolute atomic E-state index is 12.1. The molecule has 0 saturated heterocycles. The van der Waals surface area contributed by atoms with Crippen molar-refractivity contribution < 1.29 is 14.6 Å². The minimum Gasteiger partial charge on any atom is -0.497 e. The van der Waals surface area contributed by atoms with Crippen LogP contribution in [-0.4, -0.2) is 30.3 Å². The summed E-state index contributed by atoms with van der Waals surface area (Å²) in [4.78, 5) is 12.1. The Hall–Kier alpha value is -1.55. The largest absolute Gasteiger partial charge is 0.497 e. The molecule has 0 aliphatic heterocycles. The van der Waals surface area contributed by atoms with Gasteiger partial charge in [0.15, 0.2) is 0 Å². The summed E-state index contributed by atoms with van der Waals surface area (Å²) in [5, 5.41) is 13.0. The predicted molar refractivity (Wildman–Crippen MR) is 80.0 cm³/mol. The highest BCUT2D eigenvalue weighted by molar-refractivity contribution is 5.83. The van der Waals surface area contributed by atoms with Crippen LogP contribution in [-0.2, 0) is 4.79 Å². The van der Waals surface area contributed by atoms with E-state index in [2.05, 4.69) is 5.32 Å². The number of benzene rings is 1.